The Morgan fingerprint density at radius 3 is 3.00 bits per heavy atom. The molecule has 1 unspecified atom stereocenters. The van der Waals surface area contributed by atoms with Crippen LogP contribution in [-0.2, 0) is 10.3 Å². The maximum absolute atomic E-state index is 9.98. The van der Waals surface area contributed by atoms with E-state index in [2.05, 4.69) is 5.32 Å². The molecular formula is C10H17NO3. The lowest BCUT2D eigenvalue weighted by atomic mass is 10.0. The van der Waals surface area contributed by atoms with Gasteiger partial charge < -0.3 is 19.6 Å². The zero-order valence-electron chi connectivity index (χ0n) is 8.62. The van der Waals surface area contributed by atoms with Gasteiger partial charge in [0, 0.05) is 20.2 Å². The summed E-state index contributed by atoms with van der Waals surface area (Å²) in [5.74, 6) is 0.572. The summed E-state index contributed by atoms with van der Waals surface area (Å²) in [4.78, 5) is 0. The quantitative estimate of drug-likeness (QED) is 0.663. The van der Waals surface area contributed by atoms with Crippen molar-refractivity contribution in [3.05, 3.63) is 24.2 Å². The highest BCUT2D eigenvalue weighted by atomic mass is 16.5. The molecule has 0 saturated heterocycles. The molecule has 0 aromatic carbocycles. The number of rotatable bonds is 6. The van der Waals surface area contributed by atoms with Gasteiger partial charge in [-0.15, -0.1) is 0 Å². The van der Waals surface area contributed by atoms with Crippen LogP contribution in [0.3, 0.4) is 0 Å². The Morgan fingerprint density at radius 1 is 1.64 bits per heavy atom. The Balaban J connectivity index is 2.35. The molecule has 0 radical (unpaired) electrons. The van der Waals surface area contributed by atoms with Gasteiger partial charge in [-0.2, -0.15) is 0 Å². The van der Waals surface area contributed by atoms with Crippen LogP contribution in [0.4, 0.5) is 0 Å². The number of ether oxygens (including phenoxy) is 1. The van der Waals surface area contributed by atoms with E-state index in [0.29, 0.717) is 25.5 Å². The van der Waals surface area contributed by atoms with E-state index in [1.165, 1.54) is 0 Å². The second-order valence-electron chi connectivity index (χ2n) is 3.42. The summed E-state index contributed by atoms with van der Waals surface area (Å²) in [5.41, 5.74) is -0.961. The topological polar surface area (TPSA) is 54.6 Å². The van der Waals surface area contributed by atoms with E-state index < -0.39 is 5.60 Å². The highest BCUT2D eigenvalue weighted by Crippen LogP contribution is 2.19. The van der Waals surface area contributed by atoms with E-state index in [0.717, 1.165) is 0 Å². The van der Waals surface area contributed by atoms with Gasteiger partial charge in [0.05, 0.1) is 12.9 Å². The molecule has 1 heterocycles. The molecular weight excluding hydrogens is 182 g/mol. The van der Waals surface area contributed by atoms with Crippen LogP contribution in [0.2, 0.25) is 0 Å². The van der Waals surface area contributed by atoms with E-state index in [1.807, 2.05) is 0 Å². The summed E-state index contributed by atoms with van der Waals surface area (Å²) >= 11 is 0. The first-order chi connectivity index (χ1) is 6.67. The highest BCUT2D eigenvalue weighted by Gasteiger charge is 2.25. The lowest BCUT2D eigenvalue weighted by Crippen LogP contribution is -2.36. The maximum atomic E-state index is 9.98. The Labute approximate surface area is 83.9 Å². The van der Waals surface area contributed by atoms with Crippen molar-refractivity contribution in [3.63, 3.8) is 0 Å². The number of nitrogens with one attached hydrogen (secondary N) is 1. The Kier molecular flexibility index (Phi) is 4.13. The standard InChI is InChI=1S/C10H17NO3/c1-10(12,8-11-5-7-13-2)9-4-3-6-14-9/h3-4,6,11-12H,5,7-8H2,1-2H3. The fourth-order valence-electron chi connectivity index (χ4n) is 1.18. The van der Waals surface area contributed by atoms with E-state index in [4.69, 9.17) is 9.15 Å². The zero-order valence-corrected chi connectivity index (χ0v) is 8.62. The van der Waals surface area contributed by atoms with Gasteiger partial charge in [-0.25, -0.2) is 0 Å². The van der Waals surface area contributed by atoms with Crippen LogP contribution in [-0.4, -0.2) is 31.9 Å². The van der Waals surface area contributed by atoms with Crippen molar-refractivity contribution in [2.75, 3.05) is 26.8 Å². The number of methoxy groups -OCH3 is 1. The van der Waals surface area contributed by atoms with Gasteiger partial charge in [-0.05, 0) is 19.1 Å². The Morgan fingerprint density at radius 2 is 2.43 bits per heavy atom. The summed E-state index contributed by atoms with van der Waals surface area (Å²) in [5, 5.41) is 13.1. The van der Waals surface area contributed by atoms with Gasteiger partial charge in [0.15, 0.2) is 0 Å². The van der Waals surface area contributed by atoms with Crippen molar-refractivity contribution < 1.29 is 14.3 Å². The molecule has 0 spiro atoms. The van der Waals surface area contributed by atoms with Crippen LogP contribution in [0.5, 0.6) is 0 Å². The fourth-order valence-corrected chi connectivity index (χ4v) is 1.18. The second-order valence-corrected chi connectivity index (χ2v) is 3.42. The number of hydrogen-bond acceptors (Lipinski definition) is 4. The molecule has 2 N–H and O–H groups in total. The van der Waals surface area contributed by atoms with Gasteiger partial charge >= 0.3 is 0 Å². The minimum Gasteiger partial charge on any atom is -0.466 e. The molecule has 1 atom stereocenters. The van der Waals surface area contributed by atoms with Gasteiger partial charge in [0.1, 0.15) is 11.4 Å². The normalized spacial score (nSPS) is 15.4. The lowest BCUT2D eigenvalue weighted by molar-refractivity contribution is 0.0329. The predicted molar refractivity (Wildman–Crippen MR) is 53.0 cm³/mol. The number of furan rings is 1. The van der Waals surface area contributed by atoms with Crippen molar-refractivity contribution in [2.45, 2.75) is 12.5 Å². The summed E-state index contributed by atoms with van der Waals surface area (Å²) in [6, 6.07) is 3.52. The average Bonchev–Trinajstić information content (AvgIpc) is 2.65. The molecule has 0 aliphatic rings. The van der Waals surface area contributed by atoms with Crippen LogP contribution in [0, 0.1) is 0 Å². The smallest absolute Gasteiger partial charge is 0.136 e. The van der Waals surface area contributed by atoms with Crippen LogP contribution >= 0.6 is 0 Å². The Bertz CT molecular complexity index is 244. The first kappa shape index (κ1) is 11.2. The molecule has 1 rings (SSSR count). The van der Waals surface area contributed by atoms with Crippen molar-refractivity contribution >= 4 is 0 Å². The molecule has 0 amide bonds. The van der Waals surface area contributed by atoms with Gasteiger partial charge in [0.2, 0.25) is 0 Å². The molecule has 1 aromatic heterocycles. The lowest BCUT2D eigenvalue weighted by Gasteiger charge is -2.21. The largest absolute Gasteiger partial charge is 0.466 e. The van der Waals surface area contributed by atoms with Crippen LogP contribution in [0.25, 0.3) is 0 Å². The third-order valence-electron chi connectivity index (χ3n) is 2.00. The molecule has 4 nitrogen and oxygen atoms in total. The first-order valence-electron chi connectivity index (χ1n) is 4.63. The molecule has 0 saturated carbocycles. The van der Waals surface area contributed by atoms with E-state index in [1.54, 1.807) is 32.4 Å². The van der Waals surface area contributed by atoms with Crippen molar-refractivity contribution in [1.29, 1.82) is 0 Å². The van der Waals surface area contributed by atoms with Crippen molar-refractivity contribution in [3.8, 4) is 0 Å². The van der Waals surface area contributed by atoms with Crippen molar-refractivity contribution in [2.24, 2.45) is 0 Å². The highest BCUT2D eigenvalue weighted by molar-refractivity contribution is 5.08. The minimum absolute atomic E-state index is 0.448. The molecule has 14 heavy (non-hydrogen) atoms. The monoisotopic (exact) mass is 199 g/mol. The summed E-state index contributed by atoms with van der Waals surface area (Å²) in [6.45, 7) is 3.51. The number of aliphatic hydroxyl groups is 1. The second kappa shape index (κ2) is 5.14. The summed E-state index contributed by atoms with van der Waals surface area (Å²) < 4.78 is 10.0. The zero-order chi connectivity index (χ0) is 10.4. The summed E-state index contributed by atoms with van der Waals surface area (Å²) in [7, 11) is 1.65. The SMILES string of the molecule is COCCNCC(C)(O)c1ccco1. The molecule has 0 aliphatic carbocycles. The fraction of sp³-hybridized carbons (Fsp3) is 0.600. The van der Waals surface area contributed by atoms with Gasteiger partial charge in [-0.1, -0.05) is 0 Å². The first-order valence-corrected chi connectivity index (χ1v) is 4.63. The third-order valence-corrected chi connectivity index (χ3v) is 2.00. The van der Waals surface area contributed by atoms with Crippen molar-refractivity contribution in [1.82, 2.24) is 5.32 Å². The predicted octanol–water partition coefficient (Wildman–Crippen LogP) is 0.723. The van der Waals surface area contributed by atoms with Crippen LogP contribution in [0.15, 0.2) is 22.8 Å². The molecule has 0 fully saturated rings. The van der Waals surface area contributed by atoms with Crippen LogP contribution < -0.4 is 5.32 Å². The van der Waals surface area contributed by atoms with E-state index in [9.17, 15) is 5.11 Å². The van der Waals surface area contributed by atoms with Crippen LogP contribution in [0.1, 0.15) is 12.7 Å². The molecule has 0 aliphatic heterocycles. The molecule has 1 aromatic rings. The van der Waals surface area contributed by atoms with E-state index >= 15 is 0 Å². The average molecular weight is 199 g/mol. The van der Waals surface area contributed by atoms with Gasteiger partial charge in [0.25, 0.3) is 0 Å². The molecule has 0 bridgehead atoms. The van der Waals surface area contributed by atoms with Gasteiger partial charge in [-0.3, -0.25) is 0 Å². The summed E-state index contributed by atoms with van der Waals surface area (Å²) in [6.07, 6.45) is 1.55. The third kappa shape index (κ3) is 3.14. The van der Waals surface area contributed by atoms with E-state index in [-0.39, 0.29) is 0 Å². The molecule has 4 heteroatoms. The maximum Gasteiger partial charge on any atom is 0.136 e. The number of hydrogen-bond donors (Lipinski definition) is 2. The minimum atomic E-state index is -0.961. The Hall–Kier alpha value is -0.840. The molecule has 80 valence electrons.